The first kappa shape index (κ1) is 31.1. The van der Waals surface area contributed by atoms with Gasteiger partial charge in [-0.25, -0.2) is 4.98 Å². The van der Waals surface area contributed by atoms with E-state index in [0.29, 0.717) is 0 Å². The van der Waals surface area contributed by atoms with Crippen molar-refractivity contribution in [2.45, 2.75) is 118 Å². The standard InChI is InChI=1S/C35H45NS5/c1-10-11-12-13-14-15-16-27-36-28-30(40-27)31(41-33(28)35(7,8)9)29-21(2)19-25(38-29)23-17-18-24(37-23)26-20-22(3)32(39-26)34(4,5)6/h17-20H,10-16H2,1-9H3. The third kappa shape index (κ3) is 6.77. The van der Waals surface area contributed by atoms with Crippen LogP contribution in [0.1, 0.15) is 113 Å². The van der Waals surface area contributed by atoms with Gasteiger partial charge >= 0.3 is 0 Å². The van der Waals surface area contributed by atoms with Crippen LogP contribution in [0.2, 0.25) is 0 Å². The Morgan fingerprint density at radius 2 is 1.22 bits per heavy atom. The summed E-state index contributed by atoms with van der Waals surface area (Å²) < 4.78 is 1.41. The highest BCUT2D eigenvalue weighted by atomic mass is 32.1. The number of nitrogens with zero attached hydrogens (tertiary/aromatic N) is 1. The zero-order valence-corrected chi connectivity index (χ0v) is 30.3. The quantitative estimate of drug-likeness (QED) is 0.139. The monoisotopic (exact) mass is 639 g/mol. The van der Waals surface area contributed by atoms with Crippen LogP contribution in [-0.2, 0) is 17.3 Å². The van der Waals surface area contributed by atoms with Crippen molar-refractivity contribution >= 4 is 66.9 Å². The van der Waals surface area contributed by atoms with Gasteiger partial charge in [0.05, 0.1) is 20.1 Å². The molecule has 0 aromatic carbocycles. The number of thiazole rings is 1. The fraction of sp³-hybridized carbons (Fsp3) is 0.514. The third-order valence-electron chi connectivity index (χ3n) is 7.54. The molecular formula is C35H45NS5. The van der Waals surface area contributed by atoms with Gasteiger partial charge < -0.3 is 0 Å². The van der Waals surface area contributed by atoms with Crippen molar-refractivity contribution in [3.05, 3.63) is 50.2 Å². The molecule has 0 spiro atoms. The Balaban J connectivity index is 1.44. The Morgan fingerprint density at radius 3 is 1.85 bits per heavy atom. The molecular weight excluding hydrogens is 595 g/mol. The predicted octanol–water partition coefficient (Wildman–Crippen LogP) is 13.7. The smallest absolute Gasteiger partial charge is 0.0966 e. The van der Waals surface area contributed by atoms with E-state index in [0.717, 1.165) is 6.42 Å². The normalized spacial score (nSPS) is 12.7. The van der Waals surface area contributed by atoms with Crippen molar-refractivity contribution < 1.29 is 0 Å². The Morgan fingerprint density at radius 1 is 0.610 bits per heavy atom. The van der Waals surface area contributed by atoms with Gasteiger partial charge in [-0.3, -0.25) is 0 Å². The molecule has 0 atom stereocenters. The van der Waals surface area contributed by atoms with Gasteiger partial charge in [-0.15, -0.1) is 56.7 Å². The summed E-state index contributed by atoms with van der Waals surface area (Å²) in [5, 5.41) is 1.32. The molecule has 0 aliphatic heterocycles. The molecule has 5 aromatic rings. The van der Waals surface area contributed by atoms with Gasteiger partial charge in [-0.1, -0.05) is 80.6 Å². The summed E-state index contributed by atoms with van der Waals surface area (Å²) in [6, 6.07) is 9.45. The van der Waals surface area contributed by atoms with Crippen molar-refractivity contribution in [1.29, 1.82) is 0 Å². The van der Waals surface area contributed by atoms with E-state index in [1.165, 1.54) is 104 Å². The molecule has 0 bridgehead atoms. The molecule has 0 aliphatic rings. The fourth-order valence-corrected chi connectivity index (χ4v) is 11.9. The van der Waals surface area contributed by atoms with Crippen LogP contribution in [0.15, 0.2) is 24.3 Å². The van der Waals surface area contributed by atoms with E-state index in [2.05, 4.69) is 86.6 Å². The maximum absolute atomic E-state index is 5.25. The lowest BCUT2D eigenvalue weighted by atomic mass is 9.92. The highest BCUT2D eigenvalue weighted by Gasteiger charge is 2.27. The molecule has 0 saturated heterocycles. The number of unbranched alkanes of at least 4 members (excludes halogenated alkanes) is 5. The van der Waals surface area contributed by atoms with E-state index in [-0.39, 0.29) is 10.8 Å². The number of rotatable bonds is 10. The van der Waals surface area contributed by atoms with Crippen molar-refractivity contribution in [2.75, 3.05) is 0 Å². The topological polar surface area (TPSA) is 12.9 Å². The lowest BCUT2D eigenvalue weighted by Gasteiger charge is -2.17. The number of aryl methyl sites for hydroxylation is 3. The van der Waals surface area contributed by atoms with E-state index in [1.54, 1.807) is 0 Å². The SMILES string of the molecule is CCCCCCCCc1nc2c(C(C)(C)C)sc(-c3sc(-c4ccc(-c5cc(C)c(C(C)(C)C)s5)s4)cc3C)c2s1. The molecule has 5 heterocycles. The van der Waals surface area contributed by atoms with Gasteiger partial charge in [-0.2, -0.15) is 0 Å². The van der Waals surface area contributed by atoms with Crippen molar-refractivity contribution in [2.24, 2.45) is 0 Å². The number of hydrogen-bond donors (Lipinski definition) is 0. The van der Waals surface area contributed by atoms with Crippen molar-refractivity contribution in [3.8, 4) is 29.3 Å². The van der Waals surface area contributed by atoms with Crippen LogP contribution in [0.5, 0.6) is 0 Å². The average Bonchev–Trinajstić information content (AvgIpc) is 3.68. The van der Waals surface area contributed by atoms with Crippen LogP contribution in [0.25, 0.3) is 39.5 Å². The Labute approximate surface area is 267 Å². The molecule has 6 heteroatoms. The van der Waals surface area contributed by atoms with Gasteiger partial charge in [-0.05, 0) is 72.9 Å². The van der Waals surface area contributed by atoms with Crippen molar-refractivity contribution in [1.82, 2.24) is 4.98 Å². The second-order valence-electron chi connectivity index (χ2n) is 13.5. The van der Waals surface area contributed by atoms with E-state index >= 15 is 0 Å². The molecule has 0 unspecified atom stereocenters. The zero-order valence-electron chi connectivity index (χ0n) is 26.2. The largest absolute Gasteiger partial charge is 0.240 e. The van der Waals surface area contributed by atoms with Gasteiger partial charge in [0.2, 0.25) is 0 Å². The summed E-state index contributed by atoms with van der Waals surface area (Å²) in [6.07, 6.45) is 9.11. The number of thiophene rings is 4. The van der Waals surface area contributed by atoms with Gasteiger partial charge in [0.1, 0.15) is 0 Å². The zero-order chi connectivity index (χ0) is 29.5. The molecule has 1 nitrogen and oxygen atoms in total. The highest BCUT2D eigenvalue weighted by Crippen LogP contribution is 2.51. The van der Waals surface area contributed by atoms with Crippen LogP contribution in [0.4, 0.5) is 0 Å². The lowest BCUT2D eigenvalue weighted by Crippen LogP contribution is -2.09. The van der Waals surface area contributed by atoms with Crippen LogP contribution in [-0.4, -0.2) is 4.98 Å². The second-order valence-corrected chi connectivity index (χ2v) is 18.8. The lowest BCUT2D eigenvalue weighted by molar-refractivity contribution is 0.600. The maximum Gasteiger partial charge on any atom is 0.0966 e. The minimum atomic E-state index is 0.0913. The van der Waals surface area contributed by atoms with Crippen LogP contribution in [0, 0.1) is 13.8 Å². The summed E-state index contributed by atoms with van der Waals surface area (Å²) in [7, 11) is 0. The average molecular weight is 640 g/mol. The summed E-state index contributed by atoms with van der Waals surface area (Å²) in [5.41, 5.74) is 4.35. The second kappa shape index (κ2) is 12.4. The number of hydrogen-bond acceptors (Lipinski definition) is 6. The molecule has 0 amide bonds. The first-order chi connectivity index (χ1) is 19.4. The molecule has 41 heavy (non-hydrogen) atoms. The summed E-state index contributed by atoms with van der Waals surface area (Å²) in [5.74, 6) is 0. The molecule has 0 radical (unpaired) electrons. The van der Waals surface area contributed by atoms with Gasteiger partial charge in [0.15, 0.2) is 0 Å². The van der Waals surface area contributed by atoms with Gasteiger partial charge in [0, 0.05) is 34.1 Å². The van der Waals surface area contributed by atoms with E-state index in [4.69, 9.17) is 4.98 Å². The third-order valence-corrected chi connectivity index (χ3v) is 14.9. The Kier molecular flexibility index (Phi) is 9.38. The maximum atomic E-state index is 5.25. The number of aromatic nitrogens is 1. The van der Waals surface area contributed by atoms with Crippen LogP contribution in [0.3, 0.4) is 0 Å². The Bertz CT molecular complexity index is 1620. The molecule has 0 N–H and O–H groups in total. The fourth-order valence-electron chi connectivity index (χ4n) is 5.47. The molecule has 220 valence electrons. The molecule has 0 saturated carbocycles. The minimum absolute atomic E-state index is 0.0913. The minimum Gasteiger partial charge on any atom is -0.240 e. The number of fused-ring (bicyclic) bond motifs is 1. The van der Waals surface area contributed by atoms with E-state index < -0.39 is 0 Å². The van der Waals surface area contributed by atoms with Crippen LogP contribution >= 0.6 is 56.7 Å². The molecule has 0 fully saturated rings. The molecule has 5 aromatic heterocycles. The summed E-state index contributed by atoms with van der Waals surface area (Å²) in [4.78, 5) is 16.6. The predicted molar refractivity (Wildman–Crippen MR) is 191 cm³/mol. The highest BCUT2D eigenvalue weighted by molar-refractivity contribution is 7.31. The van der Waals surface area contributed by atoms with E-state index in [9.17, 15) is 0 Å². The van der Waals surface area contributed by atoms with Crippen molar-refractivity contribution in [3.63, 3.8) is 0 Å². The molecule has 0 aliphatic carbocycles. The summed E-state index contributed by atoms with van der Waals surface area (Å²) >= 11 is 9.80. The first-order valence-corrected chi connectivity index (χ1v) is 19.2. The first-order valence-electron chi connectivity index (χ1n) is 15.1. The summed E-state index contributed by atoms with van der Waals surface area (Å²) in [6.45, 7) is 20.8. The Hall–Kier alpha value is -1.31. The van der Waals surface area contributed by atoms with Crippen LogP contribution < -0.4 is 0 Å². The molecule has 5 rings (SSSR count). The van der Waals surface area contributed by atoms with E-state index in [1.807, 2.05) is 56.7 Å². The van der Waals surface area contributed by atoms with Gasteiger partial charge in [0.25, 0.3) is 0 Å².